The fourth-order valence-electron chi connectivity index (χ4n) is 1.11. The Morgan fingerprint density at radius 2 is 1.93 bits per heavy atom. The standard InChI is InChI=1S/C11H23NO3/c1-6-8(2)7-9(15-12)10(13)14-11(3,4)5/h8-9H,6-7,12H2,1-5H3/t8-,9+/m1/s1. The second kappa shape index (κ2) is 6.08. The number of carbonyl (C=O) groups excluding carboxylic acids is 1. The van der Waals surface area contributed by atoms with Crippen LogP contribution in [0.1, 0.15) is 47.5 Å². The maximum absolute atomic E-state index is 11.6. The quantitative estimate of drug-likeness (QED) is 0.565. The largest absolute Gasteiger partial charge is 0.458 e. The van der Waals surface area contributed by atoms with Crippen molar-refractivity contribution in [2.45, 2.75) is 59.2 Å². The summed E-state index contributed by atoms with van der Waals surface area (Å²) in [4.78, 5) is 16.3. The molecule has 0 saturated carbocycles. The van der Waals surface area contributed by atoms with Crippen molar-refractivity contribution >= 4 is 5.97 Å². The number of rotatable bonds is 5. The van der Waals surface area contributed by atoms with Crippen LogP contribution in [0.5, 0.6) is 0 Å². The first-order valence-corrected chi connectivity index (χ1v) is 5.38. The number of hydrogen-bond acceptors (Lipinski definition) is 4. The summed E-state index contributed by atoms with van der Waals surface area (Å²) in [6.07, 6.45) is 0.934. The van der Waals surface area contributed by atoms with Gasteiger partial charge in [0, 0.05) is 0 Å². The molecule has 0 heterocycles. The molecule has 0 saturated heterocycles. The molecule has 0 bridgehead atoms. The van der Waals surface area contributed by atoms with E-state index in [1.807, 2.05) is 20.8 Å². The van der Waals surface area contributed by atoms with Gasteiger partial charge < -0.3 is 4.74 Å². The van der Waals surface area contributed by atoms with Crippen LogP contribution in [0.3, 0.4) is 0 Å². The minimum atomic E-state index is -0.654. The van der Waals surface area contributed by atoms with E-state index in [4.69, 9.17) is 10.6 Å². The van der Waals surface area contributed by atoms with Crippen molar-refractivity contribution in [1.29, 1.82) is 0 Å². The summed E-state index contributed by atoms with van der Waals surface area (Å²) in [5, 5.41) is 0. The highest BCUT2D eigenvalue weighted by molar-refractivity contribution is 5.75. The number of nitrogens with two attached hydrogens (primary N) is 1. The molecule has 4 heteroatoms. The van der Waals surface area contributed by atoms with E-state index < -0.39 is 11.7 Å². The molecule has 0 aliphatic heterocycles. The highest BCUT2D eigenvalue weighted by Gasteiger charge is 2.26. The first kappa shape index (κ1) is 14.4. The SMILES string of the molecule is CC[C@@H](C)C[C@H](ON)C(=O)OC(C)(C)C. The monoisotopic (exact) mass is 217 g/mol. The van der Waals surface area contributed by atoms with Gasteiger partial charge >= 0.3 is 5.97 Å². The van der Waals surface area contributed by atoms with Crippen LogP contribution in [0.15, 0.2) is 0 Å². The summed E-state index contributed by atoms with van der Waals surface area (Å²) < 4.78 is 5.19. The zero-order chi connectivity index (χ0) is 12.1. The topological polar surface area (TPSA) is 61.5 Å². The first-order chi connectivity index (χ1) is 6.80. The second-order valence-electron chi connectivity index (χ2n) is 4.91. The summed E-state index contributed by atoms with van der Waals surface area (Å²) in [5.41, 5.74) is -0.497. The van der Waals surface area contributed by atoms with Crippen molar-refractivity contribution in [3.05, 3.63) is 0 Å². The van der Waals surface area contributed by atoms with Crippen molar-refractivity contribution in [3.8, 4) is 0 Å². The van der Waals surface area contributed by atoms with Crippen molar-refractivity contribution in [3.63, 3.8) is 0 Å². The Hall–Kier alpha value is -0.610. The van der Waals surface area contributed by atoms with E-state index in [0.29, 0.717) is 12.3 Å². The molecule has 2 N–H and O–H groups in total. The van der Waals surface area contributed by atoms with Crippen molar-refractivity contribution in [1.82, 2.24) is 0 Å². The lowest BCUT2D eigenvalue weighted by Gasteiger charge is -2.24. The zero-order valence-electron chi connectivity index (χ0n) is 10.4. The smallest absolute Gasteiger partial charge is 0.337 e. The number of hydrogen-bond donors (Lipinski definition) is 1. The van der Waals surface area contributed by atoms with Crippen LogP contribution in [-0.2, 0) is 14.4 Å². The number of esters is 1. The highest BCUT2D eigenvalue weighted by Crippen LogP contribution is 2.15. The van der Waals surface area contributed by atoms with E-state index in [-0.39, 0.29) is 5.97 Å². The van der Waals surface area contributed by atoms with Crippen molar-refractivity contribution in [2.75, 3.05) is 0 Å². The predicted octanol–water partition coefficient (Wildman–Crippen LogP) is 2.02. The molecule has 0 amide bonds. The van der Waals surface area contributed by atoms with Gasteiger partial charge in [-0.1, -0.05) is 20.3 Å². The van der Waals surface area contributed by atoms with Gasteiger partial charge in [0.25, 0.3) is 0 Å². The fourth-order valence-corrected chi connectivity index (χ4v) is 1.11. The molecule has 0 rings (SSSR count). The molecule has 0 radical (unpaired) electrons. The Kier molecular flexibility index (Phi) is 5.83. The van der Waals surface area contributed by atoms with E-state index in [0.717, 1.165) is 6.42 Å². The average molecular weight is 217 g/mol. The second-order valence-corrected chi connectivity index (χ2v) is 4.91. The lowest BCUT2D eigenvalue weighted by Crippen LogP contribution is -2.36. The molecular weight excluding hydrogens is 194 g/mol. The Balaban J connectivity index is 4.23. The van der Waals surface area contributed by atoms with Crippen LogP contribution in [0.2, 0.25) is 0 Å². The lowest BCUT2D eigenvalue weighted by molar-refractivity contribution is -0.170. The average Bonchev–Trinajstić information content (AvgIpc) is 2.10. The summed E-state index contributed by atoms with van der Waals surface area (Å²) in [7, 11) is 0. The molecule has 0 aliphatic carbocycles. The number of ether oxygens (including phenoxy) is 1. The molecule has 0 aromatic rings. The minimum Gasteiger partial charge on any atom is -0.458 e. The van der Waals surface area contributed by atoms with Crippen LogP contribution in [-0.4, -0.2) is 17.7 Å². The van der Waals surface area contributed by atoms with Crippen LogP contribution >= 0.6 is 0 Å². The Morgan fingerprint density at radius 3 is 2.27 bits per heavy atom. The van der Waals surface area contributed by atoms with Gasteiger partial charge in [-0.3, -0.25) is 4.84 Å². The number of carbonyl (C=O) groups is 1. The molecule has 15 heavy (non-hydrogen) atoms. The van der Waals surface area contributed by atoms with Gasteiger partial charge in [0.15, 0.2) is 6.10 Å². The summed E-state index contributed by atoms with van der Waals surface area (Å²) in [6, 6.07) is 0. The predicted molar refractivity (Wildman–Crippen MR) is 59.0 cm³/mol. The molecule has 0 fully saturated rings. The molecule has 0 aromatic carbocycles. The van der Waals surface area contributed by atoms with Crippen LogP contribution in [0.4, 0.5) is 0 Å². The van der Waals surface area contributed by atoms with Gasteiger partial charge in [0.05, 0.1) is 0 Å². The highest BCUT2D eigenvalue weighted by atomic mass is 16.7. The third-order valence-electron chi connectivity index (χ3n) is 2.15. The summed E-state index contributed by atoms with van der Waals surface area (Å²) in [6.45, 7) is 9.58. The lowest BCUT2D eigenvalue weighted by atomic mass is 10.0. The van der Waals surface area contributed by atoms with Crippen LogP contribution in [0, 0.1) is 5.92 Å². The van der Waals surface area contributed by atoms with Gasteiger partial charge in [0.2, 0.25) is 0 Å². The third-order valence-corrected chi connectivity index (χ3v) is 2.15. The Labute approximate surface area is 92.1 Å². The molecule has 4 nitrogen and oxygen atoms in total. The molecular formula is C11H23NO3. The van der Waals surface area contributed by atoms with E-state index in [9.17, 15) is 4.79 Å². The summed E-state index contributed by atoms with van der Waals surface area (Å²) >= 11 is 0. The van der Waals surface area contributed by atoms with Crippen LogP contribution < -0.4 is 5.90 Å². The first-order valence-electron chi connectivity index (χ1n) is 5.38. The molecule has 0 spiro atoms. The van der Waals surface area contributed by atoms with Crippen molar-refractivity contribution < 1.29 is 14.4 Å². The molecule has 0 unspecified atom stereocenters. The fraction of sp³-hybridized carbons (Fsp3) is 0.909. The van der Waals surface area contributed by atoms with E-state index in [2.05, 4.69) is 18.7 Å². The zero-order valence-corrected chi connectivity index (χ0v) is 10.4. The summed E-state index contributed by atoms with van der Waals surface area (Å²) in [5.74, 6) is 5.11. The van der Waals surface area contributed by atoms with E-state index >= 15 is 0 Å². The third kappa shape index (κ3) is 6.47. The van der Waals surface area contributed by atoms with E-state index in [1.54, 1.807) is 0 Å². The van der Waals surface area contributed by atoms with E-state index in [1.165, 1.54) is 0 Å². The maximum atomic E-state index is 11.6. The molecule has 0 aromatic heterocycles. The molecule has 90 valence electrons. The minimum absolute atomic E-state index is 0.384. The van der Waals surface area contributed by atoms with Gasteiger partial charge in [-0.25, -0.2) is 10.7 Å². The van der Waals surface area contributed by atoms with Gasteiger partial charge in [-0.2, -0.15) is 0 Å². The van der Waals surface area contributed by atoms with Gasteiger partial charge in [-0.15, -0.1) is 0 Å². The van der Waals surface area contributed by atoms with Crippen molar-refractivity contribution in [2.24, 2.45) is 11.8 Å². The molecule has 0 aliphatic rings. The maximum Gasteiger partial charge on any atom is 0.337 e. The Morgan fingerprint density at radius 1 is 1.40 bits per heavy atom. The van der Waals surface area contributed by atoms with Gasteiger partial charge in [-0.05, 0) is 33.1 Å². The normalized spacial score (nSPS) is 15.9. The van der Waals surface area contributed by atoms with Gasteiger partial charge in [0.1, 0.15) is 5.60 Å². The molecule has 2 atom stereocenters. The Bertz CT molecular complexity index is 198. The van der Waals surface area contributed by atoms with Crippen LogP contribution in [0.25, 0.3) is 0 Å².